The summed E-state index contributed by atoms with van der Waals surface area (Å²) in [4.78, 5) is 20.1. The van der Waals surface area contributed by atoms with E-state index in [0.717, 1.165) is 0 Å². The van der Waals surface area contributed by atoms with E-state index in [2.05, 4.69) is 15.3 Å². The average Bonchev–Trinajstić information content (AvgIpc) is 2.78. The molecule has 2 aromatic rings. The summed E-state index contributed by atoms with van der Waals surface area (Å²) >= 11 is 0. The zero-order valence-corrected chi connectivity index (χ0v) is 11.1. The van der Waals surface area contributed by atoms with Crippen LogP contribution in [0.2, 0.25) is 0 Å². The van der Waals surface area contributed by atoms with Crippen molar-refractivity contribution in [3.63, 3.8) is 0 Å². The third-order valence-electron chi connectivity index (χ3n) is 2.82. The van der Waals surface area contributed by atoms with Gasteiger partial charge in [-0.25, -0.2) is 9.97 Å². The lowest BCUT2D eigenvalue weighted by atomic mass is 10.0. The Labute approximate surface area is 111 Å². The van der Waals surface area contributed by atoms with Crippen LogP contribution in [0.25, 0.3) is 5.78 Å². The topological polar surface area (TPSA) is 79.5 Å². The molecule has 0 radical (unpaired) electrons. The molecule has 6 nitrogen and oxygen atoms in total. The maximum absolute atomic E-state index is 11.9. The van der Waals surface area contributed by atoms with Crippen LogP contribution in [-0.2, 0) is 0 Å². The molecule has 1 amide bonds. The lowest BCUT2D eigenvalue weighted by molar-refractivity contribution is 0.0935. The number of hydrogen-bond acceptors (Lipinski definition) is 4. The molecule has 0 aliphatic carbocycles. The monoisotopic (exact) mass is 262 g/mol. The minimum atomic E-state index is -0.355. The lowest BCUT2D eigenvalue weighted by Gasteiger charge is -2.13. The van der Waals surface area contributed by atoms with Gasteiger partial charge in [-0.2, -0.15) is 0 Å². The van der Waals surface area contributed by atoms with Gasteiger partial charge in [-0.1, -0.05) is 6.92 Å². The van der Waals surface area contributed by atoms with Crippen molar-refractivity contribution in [3.05, 3.63) is 30.4 Å². The highest BCUT2D eigenvalue weighted by Crippen LogP contribution is 2.05. The van der Waals surface area contributed by atoms with Gasteiger partial charge in [0, 0.05) is 25.1 Å². The number of carbonyl (C=O) groups is 1. The van der Waals surface area contributed by atoms with Gasteiger partial charge in [0.25, 0.3) is 5.91 Å². The zero-order valence-electron chi connectivity index (χ0n) is 11.1. The molecule has 0 aromatic carbocycles. The van der Waals surface area contributed by atoms with Crippen LogP contribution in [-0.4, -0.2) is 38.0 Å². The summed E-state index contributed by atoms with van der Waals surface area (Å²) < 4.78 is 1.70. The highest BCUT2D eigenvalue weighted by Gasteiger charge is 2.13. The van der Waals surface area contributed by atoms with Gasteiger partial charge < -0.3 is 10.4 Å². The quantitative estimate of drug-likeness (QED) is 0.837. The summed E-state index contributed by atoms with van der Waals surface area (Å²) in [7, 11) is 0. The van der Waals surface area contributed by atoms with Crippen LogP contribution in [0.3, 0.4) is 0 Å². The summed E-state index contributed by atoms with van der Waals surface area (Å²) in [5.74, 6) is 0.506. The minimum absolute atomic E-state index is 0.219. The van der Waals surface area contributed by atoms with Gasteiger partial charge in [0.05, 0.1) is 6.10 Å². The van der Waals surface area contributed by atoms with E-state index in [1.165, 1.54) is 0 Å². The first-order valence-corrected chi connectivity index (χ1v) is 6.32. The number of rotatable bonds is 5. The molecule has 0 saturated heterocycles. The van der Waals surface area contributed by atoms with Crippen molar-refractivity contribution in [1.82, 2.24) is 19.7 Å². The number of nitrogens with zero attached hydrogens (tertiary/aromatic N) is 3. The van der Waals surface area contributed by atoms with E-state index < -0.39 is 0 Å². The Kier molecular flexibility index (Phi) is 4.11. The summed E-state index contributed by atoms with van der Waals surface area (Å²) in [6.07, 6.45) is 5.38. The summed E-state index contributed by atoms with van der Waals surface area (Å²) in [5, 5.41) is 12.1. The van der Waals surface area contributed by atoms with Crippen LogP contribution in [0.5, 0.6) is 0 Å². The normalized spacial score (nSPS) is 14.3. The van der Waals surface area contributed by atoms with E-state index in [1.807, 2.05) is 6.92 Å². The van der Waals surface area contributed by atoms with Gasteiger partial charge in [0.2, 0.25) is 5.78 Å². The number of nitrogens with one attached hydrogen (secondary N) is 1. The Balaban J connectivity index is 1.96. The molecular formula is C13H18N4O2. The maximum Gasteiger partial charge on any atom is 0.271 e. The van der Waals surface area contributed by atoms with Crippen molar-refractivity contribution in [2.75, 3.05) is 6.54 Å². The Hall–Kier alpha value is -1.95. The summed E-state index contributed by atoms with van der Waals surface area (Å²) in [6, 6.07) is 1.78. The highest BCUT2D eigenvalue weighted by molar-refractivity contribution is 5.92. The smallest absolute Gasteiger partial charge is 0.271 e. The summed E-state index contributed by atoms with van der Waals surface area (Å²) in [5.41, 5.74) is 0.350. The Morgan fingerprint density at radius 3 is 3.00 bits per heavy atom. The number of aliphatic hydroxyl groups is 1. The zero-order chi connectivity index (χ0) is 13.8. The lowest BCUT2D eigenvalue weighted by Crippen LogP contribution is -2.29. The number of hydrogen-bond donors (Lipinski definition) is 2. The van der Waals surface area contributed by atoms with Crippen LogP contribution in [0, 0.1) is 5.92 Å². The van der Waals surface area contributed by atoms with Crippen LogP contribution in [0.15, 0.2) is 24.7 Å². The summed E-state index contributed by atoms with van der Waals surface area (Å²) in [6.45, 7) is 4.25. The molecule has 0 aliphatic rings. The first kappa shape index (κ1) is 13.5. The van der Waals surface area contributed by atoms with E-state index in [4.69, 9.17) is 0 Å². The average molecular weight is 262 g/mol. The van der Waals surface area contributed by atoms with Crippen LogP contribution in [0.1, 0.15) is 30.8 Å². The second-order valence-corrected chi connectivity index (χ2v) is 4.85. The Morgan fingerprint density at radius 1 is 1.53 bits per heavy atom. The molecule has 6 heteroatoms. The van der Waals surface area contributed by atoms with Gasteiger partial charge in [-0.05, 0) is 25.3 Å². The van der Waals surface area contributed by atoms with Crippen molar-refractivity contribution < 1.29 is 9.90 Å². The standard InChI is InChI=1S/C13H18N4O2/c1-9(6-10(2)18)7-15-12(19)11-8-17-5-3-4-14-13(17)16-11/h3-5,8-10,18H,6-7H2,1-2H3,(H,15,19). The van der Waals surface area contributed by atoms with E-state index in [-0.39, 0.29) is 17.9 Å². The molecule has 2 heterocycles. The van der Waals surface area contributed by atoms with E-state index in [1.54, 1.807) is 36.0 Å². The molecule has 0 saturated carbocycles. The second-order valence-electron chi connectivity index (χ2n) is 4.85. The van der Waals surface area contributed by atoms with E-state index >= 15 is 0 Å². The predicted octanol–water partition coefficient (Wildman–Crippen LogP) is 0.866. The maximum atomic E-state index is 11.9. The SMILES string of the molecule is CC(O)CC(C)CNC(=O)c1cn2cccnc2n1. The Morgan fingerprint density at radius 2 is 2.32 bits per heavy atom. The van der Waals surface area contributed by atoms with Gasteiger partial charge >= 0.3 is 0 Å². The van der Waals surface area contributed by atoms with Gasteiger partial charge in [0.1, 0.15) is 5.69 Å². The van der Waals surface area contributed by atoms with E-state index in [0.29, 0.717) is 24.4 Å². The molecular weight excluding hydrogens is 244 g/mol. The number of amides is 1. The molecule has 0 spiro atoms. The number of imidazole rings is 1. The Bertz CT molecular complexity index is 532. The van der Waals surface area contributed by atoms with Crippen molar-refractivity contribution in [3.8, 4) is 0 Å². The highest BCUT2D eigenvalue weighted by atomic mass is 16.3. The molecule has 2 unspecified atom stereocenters. The van der Waals surface area contributed by atoms with Crippen molar-refractivity contribution in [2.45, 2.75) is 26.4 Å². The minimum Gasteiger partial charge on any atom is -0.393 e. The molecule has 0 aliphatic heterocycles. The van der Waals surface area contributed by atoms with Gasteiger partial charge in [-0.15, -0.1) is 0 Å². The molecule has 2 aromatic heterocycles. The van der Waals surface area contributed by atoms with Crippen molar-refractivity contribution >= 4 is 11.7 Å². The first-order valence-electron chi connectivity index (χ1n) is 6.32. The second kappa shape index (κ2) is 5.79. The third-order valence-corrected chi connectivity index (χ3v) is 2.82. The predicted molar refractivity (Wildman–Crippen MR) is 70.8 cm³/mol. The largest absolute Gasteiger partial charge is 0.393 e. The number of fused-ring (bicyclic) bond motifs is 1. The molecule has 19 heavy (non-hydrogen) atoms. The van der Waals surface area contributed by atoms with Crippen molar-refractivity contribution in [1.29, 1.82) is 0 Å². The van der Waals surface area contributed by atoms with E-state index in [9.17, 15) is 9.90 Å². The third kappa shape index (κ3) is 3.51. The number of aliphatic hydroxyl groups excluding tert-OH is 1. The first-order chi connectivity index (χ1) is 9.06. The molecule has 0 fully saturated rings. The molecule has 2 rings (SSSR count). The molecule has 0 bridgehead atoms. The van der Waals surface area contributed by atoms with Gasteiger partial charge in [0.15, 0.2) is 0 Å². The fraction of sp³-hybridized carbons (Fsp3) is 0.462. The van der Waals surface area contributed by atoms with Crippen LogP contribution >= 0.6 is 0 Å². The number of carbonyl (C=O) groups excluding carboxylic acids is 1. The molecule has 102 valence electrons. The number of aromatic nitrogens is 3. The van der Waals surface area contributed by atoms with Gasteiger partial charge in [-0.3, -0.25) is 9.20 Å². The fourth-order valence-corrected chi connectivity index (χ4v) is 1.96. The molecule has 2 atom stereocenters. The van der Waals surface area contributed by atoms with Crippen LogP contribution in [0.4, 0.5) is 0 Å². The molecule has 2 N–H and O–H groups in total. The van der Waals surface area contributed by atoms with Crippen molar-refractivity contribution in [2.24, 2.45) is 5.92 Å². The fourth-order valence-electron chi connectivity index (χ4n) is 1.96. The van der Waals surface area contributed by atoms with Crippen LogP contribution < -0.4 is 5.32 Å².